The summed E-state index contributed by atoms with van der Waals surface area (Å²) in [6.45, 7) is 9.10. The summed E-state index contributed by atoms with van der Waals surface area (Å²) >= 11 is 0. The number of nitrogens with zero attached hydrogens (tertiary/aromatic N) is 2. The standard InChI is InChI=1S/C21H40N4O2.HI/c1-20(2,3)17-16(10-9-13-27-17)14-23-19(22-4)24-15-21(11-7-8-12-21)18(26)25(5)6;/h16-17H,7-15H2,1-6H3,(H2,22,23,24);1H. The van der Waals surface area contributed by atoms with E-state index in [-0.39, 0.29) is 46.8 Å². The molecule has 2 atom stereocenters. The lowest BCUT2D eigenvalue weighted by Crippen LogP contribution is -2.51. The van der Waals surface area contributed by atoms with Crippen LogP contribution in [0.3, 0.4) is 0 Å². The van der Waals surface area contributed by atoms with Crippen LogP contribution < -0.4 is 10.6 Å². The summed E-state index contributed by atoms with van der Waals surface area (Å²) in [7, 11) is 5.50. The minimum atomic E-state index is -0.289. The highest BCUT2D eigenvalue weighted by Crippen LogP contribution is 2.39. The van der Waals surface area contributed by atoms with Gasteiger partial charge in [-0.2, -0.15) is 0 Å². The Morgan fingerprint density at radius 1 is 1.18 bits per heavy atom. The number of rotatable bonds is 5. The smallest absolute Gasteiger partial charge is 0.230 e. The second-order valence-electron chi connectivity index (χ2n) is 9.55. The average molecular weight is 508 g/mol. The molecule has 2 fully saturated rings. The highest BCUT2D eigenvalue weighted by molar-refractivity contribution is 14.0. The van der Waals surface area contributed by atoms with Crippen molar-refractivity contribution in [2.75, 3.05) is 40.8 Å². The van der Waals surface area contributed by atoms with E-state index in [1.54, 1.807) is 11.9 Å². The Balaban J connectivity index is 0.00000392. The molecule has 0 aromatic rings. The first-order valence-corrected chi connectivity index (χ1v) is 10.5. The van der Waals surface area contributed by atoms with Gasteiger partial charge < -0.3 is 20.3 Å². The first-order valence-electron chi connectivity index (χ1n) is 10.5. The minimum absolute atomic E-state index is 0. The van der Waals surface area contributed by atoms with Gasteiger partial charge in [0, 0.05) is 46.8 Å². The summed E-state index contributed by atoms with van der Waals surface area (Å²) in [5.41, 5.74) is -0.154. The van der Waals surface area contributed by atoms with E-state index in [0.29, 0.717) is 12.5 Å². The molecule has 6 nitrogen and oxygen atoms in total. The third-order valence-electron chi connectivity index (χ3n) is 6.07. The molecule has 1 aliphatic heterocycles. The molecule has 1 aliphatic carbocycles. The quantitative estimate of drug-likeness (QED) is 0.340. The second kappa shape index (κ2) is 11.0. The monoisotopic (exact) mass is 508 g/mol. The Kier molecular flexibility index (Phi) is 10.00. The molecule has 1 heterocycles. The highest BCUT2D eigenvalue weighted by atomic mass is 127. The van der Waals surface area contributed by atoms with Crippen LogP contribution in [-0.4, -0.2) is 63.7 Å². The van der Waals surface area contributed by atoms with Crippen LogP contribution in [0.4, 0.5) is 0 Å². The molecule has 7 heteroatoms. The van der Waals surface area contributed by atoms with Crippen molar-refractivity contribution in [3.63, 3.8) is 0 Å². The molecule has 1 saturated carbocycles. The maximum absolute atomic E-state index is 12.7. The van der Waals surface area contributed by atoms with E-state index in [4.69, 9.17) is 4.74 Å². The molecule has 2 N–H and O–H groups in total. The summed E-state index contributed by atoms with van der Waals surface area (Å²) in [6.07, 6.45) is 6.71. The van der Waals surface area contributed by atoms with Crippen molar-refractivity contribution < 1.29 is 9.53 Å². The van der Waals surface area contributed by atoms with Gasteiger partial charge in [0.15, 0.2) is 5.96 Å². The van der Waals surface area contributed by atoms with Gasteiger partial charge in [0.1, 0.15) is 0 Å². The Morgan fingerprint density at radius 2 is 1.82 bits per heavy atom. The number of hydrogen-bond donors (Lipinski definition) is 2. The molecule has 0 aromatic heterocycles. The topological polar surface area (TPSA) is 66.0 Å². The zero-order valence-corrected chi connectivity index (χ0v) is 21.0. The Morgan fingerprint density at radius 3 is 2.36 bits per heavy atom. The molecule has 2 unspecified atom stereocenters. The van der Waals surface area contributed by atoms with Crippen LogP contribution in [0.5, 0.6) is 0 Å². The summed E-state index contributed by atoms with van der Waals surface area (Å²) in [4.78, 5) is 18.9. The molecule has 28 heavy (non-hydrogen) atoms. The molecule has 1 saturated heterocycles. The second-order valence-corrected chi connectivity index (χ2v) is 9.55. The Bertz CT molecular complexity index is 525. The number of guanidine groups is 1. The van der Waals surface area contributed by atoms with Gasteiger partial charge in [0.2, 0.25) is 5.91 Å². The maximum atomic E-state index is 12.7. The number of amides is 1. The fraction of sp³-hybridized carbons (Fsp3) is 0.905. The minimum Gasteiger partial charge on any atom is -0.377 e. The third-order valence-corrected chi connectivity index (χ3v) is 6.07. The van der Waals surface area contributed by atoms with Gasteiger partial charge >= 0.3 is 0 Å². The number of aliphatic imine (C=N–C) groups is 1. The Hall–Kier alpha value is -0.570. The van der Waals surface area contributed by atoms with Crippen LogP contribution in [0.2, 0.25) is 0 Å². The predicted octanol–water partition coefficient (Wildman–Crippen LogP) is 3.26. The molecular formula is C21H41IN4O2. The average Bonchev–Trinajstić information content (AvgIpc) is 3.10. The summed E-state index contributed by atoms with van der Waals surface area (Å²) in [5, 5.41) is 6.92. The van der Waals surface area contributed by atoms with Crippen LogP contribution in [0, 0.1) is 16.7 Å². The van der Waals surface area contributed by atoms with Crippen molar-refractivity contribution in [2.45, 2.75) is 65.4 Å². The lowest BCUT2D eigenvalue weighted by Gasteiger charge is -2.40. The fourth-order valence-corrected chi connectivity index (χ4v) is 4.70. The van der Waals surface area contributed by atoms with Crippen molar-refractivity contribution in [1.82, 2.24) is 15.5 Å². The first-order chi connectivity index (χ1) is 12.7. The third kappa shape index (κ3) is 6.47. The molecule has 0 spiro atoms. The lowest BCUT2D eigenvalue weighted by molar-refractivity contribution is -0.138. The van der Waals surface area contributed by atoms with Gasteiger partial charge in [-0.15, -0.1) is 24.0 Å². The van der Waals surface area contributed by atoms with Crippen molar-refractivity contribution in [2.24, 2.45) is 21.7 Å². The molecule has 2 rings (SSSR count). The zero-order valence-electron chi connectivity index (χ0n) is 18.6. The maximum Gasteiger partial charge on any atom is 0.230 e. The number of carbonyl (C=O) groups is 1. The van der Waals surface area contributed by atoms with E-state index in [9.17, 15) is 4.79 Å². The largest absolute Gasteiger partial charge is 0.377 e. The van der Waals surface area contributed by atoms with Gasteiger partial charge in [0.25, 0.3) is 0 Å². The Labute approximate surface area is 188 Å². The van der Waals surface area contributed by atoms with Crippen molar-refractivity contribution in [3.05, 3.63) is 0 Å². The number of hydrogen-bond acceptors (Lipinski definition) is 3. The molecule has 0 aromatic carbocycles. The predicted molar refractivity (Wildman–Crippen MR) is 126 cm³/mol. The summed E-state index contributed by atoms with van der Waals surface area (Å²) < 4.78 is 6.09. The number of carbonyl (C=O) groups excluding carboxylic acids is 1. The molecule has 2 aliphatic rings. The molecular weight excluding hydrogens is 467 g/mol. The van der Waals surface area contributed by atoms with Gasteiger partial charge in [-0.05, 0) is 31.1 Å². The molecule has 0 radical (unpaired) electrons. The summed E-state index contributed by atoms with van der Waals surface area (Å²) in [5.74, 6) is 1.49. The van der Waals surface area contributed by atoms with E-state index in [2.05, 4.69) is 36.4 Å². The van der Waals surface area contributed by atoms with Crippen LogP contribution in [0.15, 0.2) is 4.99 Å². The van der Waals surface area contributed by atoms with E-state index < -0.39 is 0 Å². The SMILES string of the molecule is CN=C(NCC1CCCOC1C(C)(C)C)NCC1(C(=O)N(C)C)CCCC1.I. The van der Waals surface area contributed by atoms with E-state index in [1.165, 1.54) is 6.42 Å². The number of nitrogens with one attached hydrogen (secondary N) is 2. The van der Waals surface area contributed by atoms with E-state index in [1.807, 2.05) is 14.1 Å². The van der Waals surface area contributed by atoms with Crippen LogP contribution in [0.25, 0.3) is 0 Å². The molecule has 164 valence electrons. The number of halogens is 1. The van der Waals surface area contributed by atoms with Crippen molar-refractivity contribution in [1.29, 1.82) is 0 Å². The molecule has 0 bridgehead atoms. The van der Waals surface area contributed by atoms with Crippen molar-refractivity contribution in [3.8, 4) is 0 Å². The van der Waals surface area contributed by atoms with E-state index in [0.717, 1.165) is 51.2 Å². The fourth-order valence-electron chi connectivity index (χ4n) is 4.70. The van der Waals surface area contributed by atoms with Crippen LogP contribution in [-0.2, 0) is 9.53 Å². The highest BCUT2D eigenvalue weighted by Gasteiger charge is 2.42. The van der Waals surface area contributed by atoms with Gasteiger partial charge in [-0.1, -0.05) is 33.6 Å². The van der Waals surface area contributed by atoms with Gasteiger partial charge in [-0.25, -0.2) is 0 Å². The lowest BCUT2D eigenvalue weighted by atomic mass is 9.78. The van der Waals surface area contributed by atoms with E-state index >= 15 is 0 Å². The van der Waals surface area contributed by atoms with Gasteiger partial charge in [0.05, 0.1) is 11.5 Å². The van der Waals surface area contributed by atoms with Gasteiger partial charge in [-0.3, -0.25) is 9.79 Å². The van der Waals surface area contributed by atoms with Crippen molar-refractivity contribution >= 4 is 35.8 Å². The first kappa shape index (κ1) is 25.5. The van der Waals surface area contributed by atoms with Crippen LogP contribution in [0.1, 0.15) is 59.3 Å². The zero-order chi connectivity index (χ0) is 20.1. The number of ether oxygens (including phenoxy) is 1. The summed E-state index contributed by atoms with van der Waals surface area (Å²) in [6, 6.07) is 0. The normalized spacial score (nSPS) is 25.0. The van der Waals surface area contributed by atoms with Crippen LogP contribution >= 0.6 is 24.0 Å². The molecule has 1 amide bonds.